The molecule has 0 radical (unpaired) electrons. The van der Waals surface area contributed by atoms with E-state index in [0.717, 1.165) is 36.0 Å². The second kappa shape index (κ2) is 6.40. The van der Waals surface area contributed by atoms with Crippen molar-refractivity contribution in [3.8, 4) is 5.75 Å². The fourth-order valence-corrected chi connectivity index (χ4v) is 2.59. The largest absolute Gasteiger partial charge is 0.496 e. The van der Waals surface area contributed by atoms with Gasteiger partial charge in [-0.3, -0.25) is 0 Å². The van der Waals surface area contributed by atoms with Gasteiger partial charge in [0.05, 0.1) is 12.8 Å². The van der Waals surface area contributed by atoms with Gasteiger partial charge in [-0.25, -0.2) is 4.98 Å². The minimum absolute atomic E-state index is 0.872. The van der Waals surface area contributed by atoms with Crippen molar-refractivity contribution in [3.05, 3.63) is 40.9 Å². The monoisotopic (exact) mass is 262 g/mol. The standard InChI is InChI=1S/C14H18N2OS/c1-3-12-10-18-14(16-12)15-9-8-11-6-4-5-7-13(11)17-2/h4-7,10H,3,8-9H2,1-2H3,(H,15,16). The molecule has 4 heteroatoms. The Morgan fingerprint density at radius 2 is 2.17 bits per heavy atom. The Balaban J connectivity index is 1.88. The lowest BCUT2D eigenvalue weighted by Crippen LogP contribution is -2.05. The Bertz CT molecular complexity index is 496. The average molecular weight is 262 g/mol. The van der Waals surface area contributed by atoms with Gasteiger partial charge in [0.1, 0.15) is 5.75 Å². The molecule has 0 aliphatic carbocycles. The van der Waals surface area contributed by atoms with Crippen LogP contribution in [0.4, 0.5) is 5.13 Å². The zero-order valence-electron chi connectivity index (χ0n) is 10.8. The fourth-order valence-electron chi connectivity index (χ4n) is 1.76. The topological polar surface area (TPSA) is 34.1 Å². The zero-order chi connectivity index (χ0) is 12.8. The van der Waals surface area contributed by atoms with Crippen LogP contribution >= 0.6 is 11.3 Å². The van der Waals surface area contributed by atoms with Gasteiger partial charge in [-0.05, 0) is 24.5 Å². The van der Waals surface area contributed by atoms with Gasteiger partial charge in [-0.2, -0.15) is 0 Å². The molecule has 1 aromatic carbocycles. The van der Waals surface area contributed by atoms with Crippen LogP contribution in [-0.2, 0) is 12.8 Å². The summed E-state index contributed by atoms with van der Waals surface area (Å²) in [6.07, 6.45) is 1.93. The predicted octanol–water partition coefficient (Wildman–Crippen LogP) is 3.37. The summed E-state index contributed by atoms with van der Waals surface area (Å²) in [5.74, 6) is 0.952. The first-order valence-corrected chi connectivity index (χ1v) is 7.01. The third-order valence-corrected chi connectivity index (χ3v) is 3.63. The van der Waals surface area contributed by atoms with E-state index in [1.54, 1.807) is 18.4 Å². The highest BCUT2D eigenvalue weighted by molar-refractivity contribution is 7.13. The Labute approximate surface area is 112 Å². The minimum atomic E-state index is 0.872. The number of methoxy groups -OCH3 is 1. The second-order valence-corrected chi connectivity index (χ2v) is 4.84. The summed E-state index contributed by atoms with van der Waals surface area (Å²) in [5, 5.41) is 6.46. The highest BCUT2D eigenvalue weighted by Crippen LogP contribution is 2.19. The molecule has 18 heavy (non-hydrogen) atoms. The van der Waals surface area contributed by atoms with Crippen LogP contribution in [0, 0.1) is 0 Å². The second-order valence-electron chi connectivity index (χ2n) is 3.99. The first kappa shape index (κ1) is 12.9. The van der Waals surface area contributed by atoms with Crippen LogP contribution in [-0.4, -0.2) is 18.6 Å². The molecule has 0 aliphatic rings. The van der Waals surface area contributed by atoms with E-state index in [-0.39, 0.29) is 0 Å². The van der Waals surface area contributed by atoms with Crippen LogP contribution in [0.5, 0.6) is 5.75 Å². The Hall–Kier alpha value is -1.55. The van der Waals surface area contributed by atoms with E-state index >= 15 is 0 Å². The molecule has 0 aliphatic heterocycles. The van der Waals surface area contributed by atoms with E-state index in [9.17, 15) is 0 Å². The number of aromatic nitrogens is 1. The van der Waals surface area contributed by atoms with E-state index in [2.05, 4.69) is 28.7 Å². The van der Waals surface area contributed by atoms with Crippen LogP contribution in [0.3, 0.4) is 0 Å². The first-order valence-electron chi connectivity index (χ1n) is 6.13. The smallest absolute Gasteiger partial charge is 0.182 e. The maximum Gasteiger partial charge on any atom is 0.182 e. The van der Waals surface area contributed by atoms with Crippen molar-refractivity contribution >= 4 is 16.5 Å². The Morgan fingerprint density at radius 1 is 1.33 bits per heavy atom. The number of nitrogens with one attached hydrogen (secondary N) is 1. The number of hydrogen-bond donors (Lipinski definition) is 1. The van der Waals surface area contributed by atoms with E-state index < -0.39 is 0 Å². The van der Waals surface area contributed by atoms with Gasteiger partial charge in [0, 0.05) is 11.9 Å². The predicted molar refractivity (Wildman–Crippen MR) is 76.7 cm³/mol. The van der Waals surface area contributed by atoms with Crippen LogP contribution in [0.1, 0.15) is 18.2 Å². The van der Waals surface area contributed by atoms with Crippen LogP contribution in [0.2, 0.25) is 0 Å². The van der Waals surface area contributed by atoms with Crippen LogP contribution in [0.25, 0.3) is 0 Å². The third-order valence-electron chi connectivity index (χ3n) is 2.78. The van der Waals surface area contributed by atoms with E-state index in [0.29, 0.717) is 0 Å². The van der Waals surface area contributed by atoms with E-state index in [4.69, 9.17) is 4.74 Å². The Kier molecular flexibility index (Phi) is 4.59. The lowest BCUT2D eigenvalue weighted by molar-refractivity contribution is 0.410. The number of anilines is 1. The normalized spacial score (nSPS) is 10.3. The Morgan fingerprint density at radius 3 is 2.89 bits per heavy atom. The van der Waals surface area contributed by atoms with Crippen molar-refractivity contribution in [3.63, 3.8) is 0 Å². The number of hydrogen-bond acceptors (Lipinski definition) is 4. The quantitative estimate of drug-likeness (QED) is 0.866. The maximum atomic E-state index is 5.33. The molecule has 0 amide bonds. The third kappa shape index (κ3) is 3.23. The molecular weight excluding hydrogens is 244 g/mol. The molecule has 3 nitrogen and oxygen atoms in total. The zero-order valence-corrected chi connectivity index (χ0v) is 11.6. The molecule has 1 heterocycles. The first-order chi connectivity index (χ1) is 8.83. The number of benzene rings is 1. The number of aryl methyl sites for hydroxylation is 1. The number of thiazole rings is 1. The molecule has 96 valence electrons. The van der Waals surface area contributed by atoms with Crippen molar-refractivity contribution in [1.29, 1.82) is 0 Å². The number of rotatable bonds is 6. The molecule has 0 atom stereocenters. The van der Waals surface area contributed by atoms with Crippen molar-refractivity contribution in [1.82, 2.24) is 4.98 Å². The van der Waals surface area contributed by atoms with Gasteiger partial charge in [0.15, 0.2) is 5.13 Å². The molecule has 1 aromatic heterocycles. The summed E-state index contributed by atoms with van der Waals surface area (Å²) in [6, 6.07) is 8.12. The molecule has 0 spiro atoms. The maximum absolute atomic E-state index is 5.33. The molecule has 2 rings (SSSR count). The highest BCUT2D eigenvalue weighted by Gasteiger charge is 2.02. The lowest BCUT2D eigenvalue weighted by Gasteiger charge is -2.08. The van der Waals surface area contributed by atoms with Crippen LogP contribution in [0.15, 0.2) is 29.6 Å². The summed E-state index contributed by atoms with van der Waals surface area (Å²) in [4.78, 5) is 4.48. The molecule has 0 saturated heterocycles. The fraction of sp³-hybridized carbons (Fsp3) is 0.357. The molecule has 2 aromatic rings. The summed E-state index contributed by atoms with van der Waals surface area (Å²) in [7, 11) is 1.71. The summed E-state index contributed by atoms with van der Waals surface area (Å²) in [6.45, 7) is 2.99. The van der Waals surface area contributed by atoms with Gasteiger partial charge >= 0.3 is 0 Å². The van der Waals surface area contributed by atoms with E-state index in [1.165, 1.54) is 5.56 Å². The summed E-state index contributed by atoms with van der Waals surface area (Å²) in [5.41, 5.74) is 2.37. The highest BCUT2D eigenvalue weighted by atomic mass is 32.1. The lowest BCUT2D eigenvalue weighted by atomic mass is 10.1. The molecule has 0 fully saturated rings. The molecule has 0 saturated carbocycles. The summed E-state index contributed by atoms with van der Waals surface area (Å²) >= 11 is 1.67. The molecule has 1 N–H and O–H groups in total. The van der Waals surface area contributed by atoms with Crippen LogP contribution < -0.4 is 10.1 Å². The average Bonchev–Trinajstić information content (AvgIpc) is 2.87. The number of nitrogens with zero attached hydrogens (tertiary/aromatic N) is 1. The van der Waals surface area contributed by atoms with Gasteiger partial charge in [0.25, 0.3) is 0 Å². The summed E-state index contributed by atoms with van der Waals surface area (Å²) < 4.78 is 5.33. The molecule has 0 bridgehead atoms. The van der Waals surface area contributed by atoms with Gasteiger partial charge in [-0.1, -0.05) is 25.1 Å². The van der Waals surface area contributed by atoms with Crippen molar-refractivity contribution < 1.29 is 4.74 Å². The van der Waals surface area contributed by atoms with Crippen molar-refractivity contribution in [2.45, 2.75) is 19.8 Å². The number of ether oxygens (including phenoxy) is 1. The van der Waals surface area contributed by atoms with Crippen molar-refractivity contribution in [2.75, 3.05) is 19.0 Å². The van der Waals surface area contributed by atoms with E-state index in [1.807, 2.05) is 18.2 Å². The molecular formula is C14H18N2OS. The SMILES string of the molecule is CCc1csc(NCCc2ccccc2OC)n1. The van der Waals surface area contributed by atoms with Gasteiger partial charge in [-0.15, -0.1) is 11.3 Å². The molecule has 0 unspecified atom stereocenters. The minimum Gasteiger partial charge on any atom is -0.496 e. The number of para-hydroxylation sites is 1. The van der Waals surface area contributed by atoms with Crippen molar-refractivity contribution in [2.24, 2.45) is 0 Å². The van der Waals surface area contributed by atoms with Gasteiger partial charge in [0.2, 0.25) is 0 Å². The van der Waals surface area contributed by atoms with Gasteiger partial charge < -0.3 is 10.1 Å².